The van der Waals surface area contributed by atoms with Gasteiger partial charge < -0.3 is 10.6 Å². The van der Waals surface area contributed by atoms with Gasteiger partial charge in [0, 0.05) is 42.8 Å². The van der Waals surface area contributed by atoms with E-state index < -0.39 is 0 Å². The number of imidazole rings is 1. The van der Waals surface area contributed by atoms with Crippen LogP contribution in [0.4, 0.5) is 11.8 Å². The van der Waals surface area contributed by atoms with Crippen LogP contribution in [0.5, 0.6) is 0 Å². The van der Waals surface area contributed by atoms with Crippen molar-refractivity contribution < 1.29 is 0 Å². The van der Waals surface area contributed by atoms with Crippen LogP contribution in [-0.4, -0.2) is 32.4 Å². The summed E-state index contributed by atoms with van der Waals surface area (Å²) in [5.41, 5.74) is 7.08. The third kappa shape index (κ3) is 3.21. The highest BCUT2D eigenvalue weighted by molar-refractivity contribution is 7.99. The van der Waals surface area contributed by atoms with Gasteiger partial charge in [-0.05, 0) is 24.3 Å². The minimum Gasteiger partial charge on any atom is -0.382 e. The first-order valence-corrected chi connectivity index (χ1v) is 9.79. The van der Waals surface area contributed by atoms with Crippen molar-refractivity contribution in [1.29, 1.82) is 0 Å². The Morgan fingerprint density at radius 2 is 1.88 bits per heavy atom. The van der Waals surface area contributed by atoms with Crippen LogP contribution in [0.1, 0.15) is 26.7 Å². The van der Waals surface area contributed by atoms with Crippen molar-refractivity contribution >= 4 is 40.8 Å². The number of hydrogen-bond donors (Lipinski definition) is 1. The highest BCUT2D eigenvalue weighted by Gasteiger charge is 2.27. The molecule has 0 atom stereocenters. The number of pyridine rings is 1. The number of nitrogens with two attached hydrogens (primary N) is 1. The van der Waals surface area contributed by atoms with Gasteiger partial charge in [-0.15, -0.1) is 0 Å². The van der Waals surface area contributed by atoms with Crippen LogP contribution in [0.25, 0.3) is 5.65 Å². The van der Waals surface area contributed by atoms with Crippen LogP contribution in [-0.2, 0) is 0 Å². The number of fused-ring (bicyclic) bond motifs is 1. The molecule has 4 heterocycles. The second-order valence-corrected chi connectivity index (χ2v) is 8.77. The van der Waals surface area contributed by atoms with Gasteiger partial charge in [-0.1, -0.05) is 37.2 Å². The average Bonchev–Trinajstić information content (AvgIpc) is 3.10. The Balaban J connectivity index is 1.67. The predicted octanol–water partition coefficient (Wildman–Crippen LogP) is 4.14. The lowest BCUT2D eigenvalue weighted by Crippen LogP contribution is -2.38. The molecule has 0 unspecified atom stereocenters. The Morgan fingerprint density at radius 1 is 1.12 bits per heavy atom. The van der Waals surface area contributed by atoms with Crippen molar-refractivity contribution in [2.24, 2.45) is 5.41 Å². The summed E-state index contributed by atoms with van der Waals surface area (Å²) in [6, 6.07) is 1.85. The van der Waals surface area contributed by atoms with Crippen molar-refractivity contribution in [3.8, 4) is 0 Å². The number of anilines is 2. The summed E-state index contributed by atoms with van der Waals surface area (Å²) in [6.45, 7) is 6.67. The summed E-state index contributed by atoms with van der Waals surface area (Å²) in [4.78, 5) is 17.4. The van der Waals surface area contributed by atoms with Crippen LogP contribution in [0, 0.1) is 5.41 Å². The fraction of sp³-hybridized carbons (Fsp3) is 0.389. The smallest absolute Gasteiger partial charge is 0.211 e. The second kappa shape index (κ2) is 6.63. The number of nitrogen functional groups attached to an aromatic ring is 1. The second-order valence-electron chi connectivity index (χ2n) is 7.30. The highest BCUT2D eigenvalue weighted by atomic mass is 35.5. The van der Waals surface area contributed by atoms with E-state index in [9.17, 15) is 0 Å². The summed E-state index contributed by atoms with van der Waals surface area (Å²) in [5.74, 6) is 1.27. The van der Waals surface area contributed by atoms with Crippen molar-refractivity contribution in [2.75, 3.05) is 23.7 Å². The van der Waals surface area contributed by atoms with E-state index in [1.807, 2.05) is 18.5 Å². The van der Waals surface area contributed by atoms with Crippen molar-refractivity contribution in [3.63, 3.8) is 0 Å². The van der Waals surface area contributed by atoms with E-state index in [2.05, 4.69) is 33.1 Å². The summed E-state index contributed by atoms with van der Waals surface area (Å²) < 4.78 is 2.05. The maximum absolute atomic E-state index is 6.28. The summed E-state index contributed by atoms with van der Waals surface area (Å²) >= 11 is 7.79. The zero-order valence-corrected chi connectivity index (χ0v) is 16.4. The van der Waals surface area contributed by atoms with Gasteiger partial charge in [-0.2, -0.15) is 0 Å². The molecular formula is C18H21ClN6S. The number of rotatable bonds is 3. The molecule has 1 saturated heterocycles. The molecule has 1 aliphatic heterocycles. The maximum Gasteiger partial charge on any atom is 0.211 e. The number of aromatic nitrogens is 4. The summed E-state index contributed by atoms with van der Waals surface area (Å²) in [6.07, 6.45) is 9.62. The Bertz CT molecular complexity index is 944. The number of halogens is 1. The van der Waals surface area contributed by atoms with E-state index in [1.54, 1.807) is 12.4 Å². The summed E-state index contributed by atoms with van der Waals surface area (Å²) in [5, 5.41) is 0.463. The van der Waals surface area contributed by atoms with Crippen molar-refractivity contribution in [1.82, 2.24) is 19.4 Å². The van der Waals surface area contributed by atoms with Crippen LogP contribution >= 0.6 is 23.4 Å². The minimum absolute atomic E-state index is 0.330. The Kier molecular flexibility index (Phi) is 4.44. The molecular weight excluding hydrogens is 368 g/mol. The molecule has 0 spiro atoms. The molecule has 0 saturated carbocycles. The molecule has 136 valence electrons. The first-order chi connectivity index (χ1) is 12.4. The lowest BCUT2D eigenvalue weighted by atomic mass is 9.83. The molecule has 1 aliphatic rings. The van der Waals surface area contributed by atoms with E-state index in [1.165, 1.54) is 11.8 Å². The third-order valence-corrected chi connectivity index (χ3v) is 6.45. The molecule has 1 fully saturated rings. The SMILES string of the molecule is CC1(C)CCN(c2ncc(Sc3ccnc(N)c3Cl)c3nccn23)CC1. The molecule has 26 heavy (non-hydrogen) atoms. The zero-order valence-electron chi connectivity index (χ0n) is 14.8. The van der Waals surface area contributed by atoms with E-state index in [4.69, 9.17) is 22.3 Å². The molecule has 3 aromatic rings. The van der Waals surface area contributed by atoms with Crippen molar-refractivity contribution in [3.05, 3.63) is 35.9 Å². The Labute approximate surface area is 161 Å². The largest absolute Gasteiger partial charge is 0.382 e. The minimum atomic E-state index is 0.330. The van der Waals surface area contributed by atoms with Crippen LogP contribution in [0.15, 0.2) is 40.6 Å². The molecule has 0 aliphatic carbocycles. The molecule has 8 heteroatoms. The first kappa shape index (κ1) is 17.4. The molecule has 0 amide bonds. The van der Waals surface area contributed by atoms with Crippen LogP contribution in [0.2, 0.25) is 5.02 Å². The van der Waals surface area contributed by atoms with E-state index in [0.29, 0.717) is 16.3 Å². The standard InChI is InChI=1S/C18H21ClN6S/c1-18(2)4-8-24(9-5-18)17-23-11-13(16-22-7-10-25(16)17)26-12-3-6-21-15(20)14(12)19/h3,6-7,10-11H,4-5,8-9H2,1-2H3,(H2,20,21). The predicted molar refractivity (Wildman–Crippen MR) is 106 cm³/mol. The van der Waals surface area contributed by atoms with E-state index >= 15 is 0 Å². The van der Waals surface area contributed by atoms with Crippen LogP contribution < -0.4 is 10.6 Å². The fourth-order valence-electron chi connectivity index (χ4n) is 3.14. The Morgan fingerprint density at radius 3 is 2.65 bits per heavy atom. The van der Waals surface area contributed by atoms with E-state index in [0.717, 1.165) is 47.3 Å². The van der Waals surface area contributed by atoms with Gasteiger partial charge in [0.05, 0.1) is 9.92 Å². The van der Waals surface area contributed by atoms with E-state index in [-0.39, 0.29) is 0 Å². The number of hydrogen-bond acceptors (Lipinski definition) is 6. The van der Waals surface area contributed by atoms with Gasteiger partial charge in [0.15, 0.2) is 5.65 Å². The lowest BCUT2D eigenvalue weighted by molar-refractivity contribution is 0.278. The zero-order chi connectivity index (χ0) is 18.3. The number of nitrogens with zero attached hydrogens (tertiary/aromatic N) is 5. The van der Waals surface area contributed by atoms with Gasteiger partial charge >= 0.3 is 0 Å². The quantitative estimate of drug-likeness (QED) is 0.727. The molecule has 0 aromatic carbocycles. The van der Waals surface area contributed by atoms with Gasteiger partial charge in [-0.25, -0.2) is 15.0 Å². The highest BCUT2D eigenvalue weighted by Crippen LogP contribution is 2.38. The third-order valence-electron chi connectivity index (χ3n) is 4.87. The molecule has 2 N–H and O–H groups in total. The lowest BCUT2D eigenvalue weighted by Gasteiger charge is -2.37. The van der Waals surface area contributed by atoms with Gasteiger partial charge in [0.25, 0.3) is 0 Å². The molecule has 6 nitrogen and oxygen atoms in total. The molecule has 0 radical (unpaired) electrons. The topological polar surface area (TPSA) is 72.3 Å². The van der Waals surface area contributed by atoms with Gasteiger partial charge in [-0.3, -0.25) is 4.40 Å². The Hall–Kier alpha value is -1.99. The van der Waals surface area contributed by atoms with Crippen molar-refractivity contribution in [2.45, 2.75) is 36.5 Å². The fourth-order valence-corrected chi connectivity index (χ4v) is 4.28. The maximum atomic E-state index is 6.28. The van der Waals surface area contributed by atoms with Crippen LogP contribution in [0.3, 0.4) is 0 Å². The molecule has 3 aromatic heterocycles. The summed E-state index contributed by atoms with van der Waals surface area (Å²) in [7, 11) is 0. The van der Waals surface area contributed by atoms with Gasteiger partial charge in [0.2, 0.25) is 5.95 Å². The first-order valence-electron chi connectivity index (χ1n) is 8.59. The number of piperidine rings is 1. The normalized spacial score (nSPS) is 17.0. The monoisotopic (exact) mass is 388 g/mol. The average molecular weight is 389 g/mol. The molecule has 4 rings (SSSR count). The molecule has 0 bridgehead atoms. The van der Waals surface area contributed by atoms with Gasteiger partial charge in [0.1, 0.15) is 5.82 Å².